The van der Waals surface area contributed by atoms with Gasteiger partial charge >= 0.3 is 12.1 Å². The third-order valence-electron chi connectivity index (χ3n) is 4.91. The van der Waals surface area contributed by atoms with Crippen LogP contribution in [-0.4, -0.2) is 46.8 Å². The lowest BCUT2D eigenvalue weighted by Gasteiger charge is -2.19. The molecule has 0 fully saturated rings. The van der Waals surface area contributed by atoms with Crippen LogP contribution in [0.3, 0.4) is 0 Å². The molecule has 0 spiro atoms. The zero-order chi connectivity index (χ0) is 27.3. The number of alkyl carbamates (subject to hydrolysis) is 1. The molecule has 9 heteroatoms. The van der Waals surface area contributed by atoms with E-state index < -0.39 is 29.2 Å². The van der Waals surface area contributed by atoms with Crippen molar-refractivity contribution in [2.24, 2.45) is 0 Å². The van der Waals surface area contributed by atoms with E-state index in [0.717, 1.165) is 31.2 Å². The second-order valence-corrected chi connectivity index (χ2v) is 9.36. The molecule has 3 N–H and O–H groups in total. The van der Waals surface area contributed by atoms with Crippen molar-refractivity contribution in [1.82, 2.24) is 5.32 Å². The van der Waals surface area contributed by atoms with Crippen LogP contribution in [0.25, 0.3) is 0 Å². The quantitative estimate of drug-likeness (QED) is 0.132. The number of rotatable bonds is 14. The maximum Gasteiger partial charge on any atom is 0.407 e. The largest absolute Gasteiger partial charge is 0.502 e. The number of carboxylic acid groups (broad SMARTS) is 1. The molecule has 0 aromatic heterocycles. The van der Waals surface area contributed by atoms with Crippen LogP contribution in [0.1, 0.15) is 62.4 Å². The zero-order valence-corrected chi connectivity index (χ0v) is 21.5. The van der Waals surface area contributed by atoms with Gasteiger partial charge in [0.1, 0.15) is 23.7 Å². The summed E-state index contributed by atoms with van der Waals surface area (Å²) in [5, 5.41) is 21.0. The Bertz CT molecular complexity index is 1070. The minimum absolute atomic E-state index is 0.126. The number of aliphatic hydroxyl groups excluding tert-OH is 1. The van der Waals surface area contributed by atoms with Crippen molar-refractivity contribution in [3.05, 3.63) is 71.5 Å². The topological polar surface area (TPSA) is 131 Å². The third-order valence-corrected chi connectivity index (χ3v) is 4.91. The van der Waals surface area contributed by atoms with E-state index in [1.165, 1.54) is 12.1 Å². The van der Waals surface area contributed by atoms with E-state index >= 15 is 0 Å². The Morgan fingerprint density at radius 2 is 1.54 bits per heavy atom. The number of carbonyl (C=O) groups is 3. The van der Waals surface area contributed by atoms with Crippen molar-refractivity contribution < 1.29 is 38.8 Å². The molecule has 0 radical (unpaired) electrons. The summed E-state index contributed by atoms with van der Waals surface area (Å²) in [5.74, 6) is -2.57. The third kappa shape index (κ3) is 12.0. The van der Waals surface area contributed by atoms with Gasteiger partial charge in [0, 0.05) is 24.3 Å². The predicted molar refractivity (Wildman–Crippen MR) is 138 cm³/mol. The fourth-order valence-electron chi connectivity index (χ4n) is 3.17. The number of carboxylic acids is 1. The van der Waals surface area contributed by atoms with Crippen LogP contribution in [0.4, 0.5) is 4.79 Å². The first-order valence-corrected chi connectivity index (χ1v) is 12.1. The Labute approximate surface area is 217 Å². The molecule has 37 heavy (non-hydrogen) atoms. The molecule has 0 unspecified atom stereocenters. The molecule has 9 nitrogen and oxygen atoms in total. The molecule has 0 aliphatic carbocycles. The highest BCUT2D eigenvalue weighted by atomic mass is 16.6. The lowest BCUT2D eigenvalue weighted by atomic mass is 10.1. The monoisotopic (exact) mass is 513 g/mol. The summed E-state index contributed by atoms with van der Waals surface area (Å²) < 4.78 is 16.8. The average molecular weight is 514 g/mol. The van der Waals surface area contributed by atoms with Crippen molar-refractivity contribution in [2.75, 3.05) is 13.2 Å². The first-order chi connectivity index (χ1) is 17.5. The van der Waals surface area contributed by atoms with Gasteiger partial charge in [-0.25, -0.2) is 9.59 Å². The van der Waals surface area contributed by atoms with E-state index in [-0.39, 0.29) is 12.2 Å². The highest BCUT2D eigenvalue weighted by Crippen LogP contribution is 2.25. The van der Waals surface area contributed by atoms with Crippen LogP contribution in [0.5, 0.6) is 11.5 Å². The van der Waals surface area contributed by atoms with Crippen molar-refractivity contribution in [1.29, 1.82) is 0 Å². The second-order valence-electron chi connectivity index (χ2n) is 9.36. The Morgan fingerprint density at radius 3 is 2.19 bits per heavy atom. The predicted octanol–water partition coefficient (Wildman–Crippen LogP) is 5.44. The molecule has 0 saturated carbocycles. The number of hydrogen-bond donors (Lipinski definition) is 3. The van der Waals surface area contributed by atoms with Gasteiger partial charge in [-0.2, -0.15) is 0 Å². The number of aliphatic carboxylic acids is 1. The van der Waals surface area contributed by atoms with Crippen LogP contribution < -0.4 is 14.8 Å². The molecule has 2 aromatic carbocycles. The molecular formula is C28H35NO8. The Kier molecular flexibility index (Phi) is 11.5. The highest BCUT2D eigenvalue weighted by molar-refractivity contribution is 6.08. The maximum absolute atomic E-state index is 12.5. The van der Waals surface area contributed by atoms with E-state index in [2.05, 4.69) is 5.32 Å². The van der Waals surface area contributed by atoms with E-state index in [4.69, 9.17) is 19.3 Å². The molecule has 0 aliphatic rings. The van der Waals surface area contributed by atoms with Gasteiger partial charge in [-0.1, -0.05) is 43.2 Å². The normalized spacial score (nSPS) is 11.5. The van der Waals surface area contributed by atoms with Crippen LogP contribution in [0.2, 0.25) is 0 Å². The zero-order valence-electron chi connectivity index (χ0n) is 21.5. The van der Waals surface area contributed by atoms with Crippen LogP contribution in [0, 0.1) is 0 Å². The fraction of sp³-hybridized carbons (Fsp3) is 0.393. The SMILES string of the molecule is CC(C)(C)OC(=O)NCCCCCCOc1cc(OCc2ccccc2)cc(C(=O)/C=C(\O)C(=O)O)c1. The number of hydrogen-bond acceptors (Lipinski definition) is 7. The van der Waals surface area contributed by atoms with E-state index in [1.807, 2.05) is 51.1 Å². The summed E-state index contributed by atoms with van der Waals surface area (Å²) in [5.41, 5.74) is 0.538. The summed E-state index contributed by atoms with van der Waals surface area (Å²) in [6.07, 6.45) is 3.55. The van der Waals surface area contributed by atoms with E-state index in [1.54, 1.807) is 6.07 Å². The minimum Gasteiger partial charge on any atom is -0.502 e. The number of allylic oxidation sites excluding steroid dienone is 1. The van der Waals surface area contributed by atoms with Crippen LogP contribution in [-0.2, 0) is 16.1 Å². The molecule has 2 aromatic rings. The average Bonchev–Trinajstić information content (AvgIpc) is 2.83. The number of aliphatic hydroxyl groups is 1. The van der Waals surface area contributed by atoms with Gasteiger partial charge in [-0.05, 0) is 51.3 Å². The fourth-order valence-corrected chi connectivity index (χ4v) is 3.17. The van der Waals surface area contributed by atoms with Crippen molar-refractivity contribution in [3.63, 3.8) is 0 Å². The number of benzene rings is 2. The van der Waals surface area contributed by atoms with E-state index in [9.17, 15) is 19.5 Å². The van der Waals surface area contributed by atoms with Gasteiger partial charge in [0.05, 0.1) is 6.61 Å². The highest BCUT2D eigenvalue weighted by Gasteiger charge is 2.15. The first-order valence-electron chi connectivity index (χ1n) is 12.1. The molecule has 0 bridgehead atoms. The summed E-state index contributed by atoms with van der Waals surface area (Å²) >= 11 is 0. The maximum atomic E-state index is 12.5. The molecule has 0 atom stereocenters. The lowest BCUT2D eigenvalue weighted by Crippen LogP contribution is -2.32. The number of ketones is 1. The minimum atomic E-state index is -1.59. The standard InChI is InChI=1S/C28H35NO8/c1-28(2,3)37-27(34)29-13-9-4-5-10-14-35-22-15-21(24(30)18-25(31)26(32)33)16-23(17-22)36-19-20-11-7-6-8-12-20/h6-8,11-12,15-18,31H,4-5,9-10,13-14,19H2,1-3H3,(H,29,34)(H,32,33)/b25-18-. The van der Waals surface area contributed by atoms with Gasteiger partial charge in [0.2, 0.25) is 5.76 Å². The summed E-state index contributed by atoms with van der Waals surface area (Å²) in [7, 11) is 0. The van der Waals surface area contributed by atoms with Gasteiger partial charge < -0.3 is 29.7 Å². The Hall–Kier alpha value is -4.01. The number of unbranched alkanes of at least 4 members (excludes halogenated alkanes) is 3. The number of carbonyl (C=O) groups excluding carboxylic acids is 2. The lowest BCUT2D eigenvalue weighted by molar-refractivity contribution is -0.135. The van der Waals surface area contributed by atoms with Crippen molar-refractivity contribution in [3.8, 4) is 11.5 Å². The smallest absolute Gasteiger partial charge is 0.407 e. The summed E-state index contributed by atoms with van der Waals surface area (Å²) in [6, 6.07) is 14.1. The molecule has 1 amide bonds. The van der Waals surface area contributed by atoms with Crippen molar-refractivity contribution >= 4 is 17.8 Å². The second kappa shape index (κ2) is 14.5. The van der Waals surface area contributed by atoms with Gasteiger partial charge in [0.15, 0.2) is 5.78 Å². The molecule has 0 aliphatic heterocycles. The van der Waals surface area contributed by atoms with Crippen LogP contribution in [0.15, 0.2) is 60.4 Å². The number of amides is 1. The van der Waals surface area contributed by atoms with Crippen LogP contribution >= 0.6 is 0 Å². The number of nitrogens with one attached hydrogen (secondary N) is 1. The Morgan fingerprint density at radius 1 is 0.892 bits per heavy atom. The summed E-state index contributed by atoms with van der Waals surface area (Å²) in [6.45, 7) is 6.63. The first kappa shape index (κ1) is 29.2. The molecular weight excluding hydrogens is 478 g/mol. The molecule has 0 heterocycles. The van der Waals surface area contributed by atoms with Gasteiger partial charge in [-0.3, -0.25) is 4.79 Å². The molecule has 200 valence electrons. The van der Waals surface area contributed by atoms with Gasteiger partial charge in [-0.15, -0.1) is 0 Å². The molecule has 0 saturated heterocycles. The Balaban J connectivity index is 1.89. The molecule has 2 rings (SSSR count). The summed E-state index contributed by atoms with van der Waals surface area (Å²) in [4.78, 5) is 35.0. The number of ether oxygens (including phenoxy) is 3. The van der Waals surface area contributed by atoms with E-state index in [0.29, 0.717) is 30.7 Å². The van der Waals surface area contributed by atoms with Gasteiger partial charge in [0.25, 0.3) is 0 Å². The van der Waals surface area contributed by atoms with Crippen molar-refractivity contribution in [2.45, 2.75) is 58.7 Å².